The van der Waals surface area contributed by atoms with Gasteiger partial charge >= 0.3 is 0 Å². The largest absolute Gasteiger partial charge is 0.263 e. The minimum atomic E-state index is -0.453. The molecule has 244 valence electrons. The van der Waals surface area contributed by atoms with E-state index in [0.717, 1.165) is 44.5 Å². The van der Waals surface area contributed by atoms with E-state index in [1.165, 1.54) is 44.5 Å². The van der Waals surface area contributed by atoms with E-state index in [2.05, 4.69) is 156 Å². The summed E-state index contributed by atoms with van der Waals surface area (Å²) in [5.74, 6) is 0. The van der Waals surface area contributed by atoms with Gasteiger partial charge in [-0.15, -0.1) is 0 Å². The average Bonchev–Trinajstić information content (AvgIpc) is 3.70. The van der Waals surface area contributed by atoms with Gasteiger partial charge in [0.05, 0.1) is 16.5 Å². The Kier molecular flexibility index (Phi) is 6.80. The van der Waals surface area contributed by atoms with Gasteiger partial charge in [-0.2, -0.15) is 10.5 Å². The molecule has 2 heterocycles. The van der Waals surface area contributed by atoms with Gasteiger partial charge in [0, 0.05) is 35.9 Å². The molecule has 0 radical (unpaired) electrons. The molecule has 0 fully saturated rings. The SMILES string of the molecule is N#Cc1cncc(-c2cccc(-c3ccc4c(c3)-c3cc(-c5cccc(-c6cncc(C#N)c6)c5)ccc3C43c4ccccc4-c4ccccc43)c2)c1. The molecule has 2 aliphatic carbocycles. The Hall–Kier alpha value is -7.40. The fourth-order valence-corrected chi connectivity index (χ4v) is 8.58. The fraction of sp³-hybridized carbons (Fsp3) is 0.0204. The van der Waals surface area contributed by atoms with E-state index in [9.17, 15) is 10.5 Å². The molecule has 2 aliphatic rings. The molecule has 2 aromatic heterocycles. The summed E-state index contributed by atoms with van der Waals surface area (Å²) >= 11 is 0. The first-order valence-corrected chi connectivity index (χ1v) is 17.6. The van der Waals surface area contributed by atoms with Crippen LogP contribution in [-0.2, 0) is 5.41 Å². The first-order valence-electron chi connectivity index (χ1n) is 17.6. The predicted molar refractivity (Wildman–Crippen MR) is 210 cm³/mol. The number of nitrogens with zero attached hydrogens (tertiary/aromatic N) is 4. The third-order valence-electron chi connectivity index (χ3n) is 10.9. The molecule has 0 atom stereocenters. The van der Waals surface area contributed by atoms with Crippen molar-refractivity contribution in [3.05, 3.63) is 204 Å². The zero-order valence-corrected chi connectivity index (χ0v) is 28.5. The van der Waals surface area contributed by atoms with Gasteiger partial charge in [-0.3, -0.25) is 9.97 Å². The van der Waals surface area contributed by atoms with Gasteiger partial charge in [0.1, 0.15) is 12.1 Å². The fourth-order valence-electron chi connectivity index (χ4n) is 8.58. The maximum absolute atomic E-state index is 9.50. The average molecular weight is 673 g/mol. The third-order valence-corrected chi connectivity index (χ3v) is 10.9. The quantitative estimate of drug-likeness (QED) is 0.186. The summed E-state index contributed by atoms with van der Waals surface area (Å²) in [7, 11) is 0. The van der Waals surface area contributed by atoms with E-state index in [1.54, 1.807) is 12.4 Å². The number of fused-ring (bicyclic) bond motifs is 10. The zero-order chi connectivity index (χ0) is 35.5. The van der Waals surface area contributed by atoms with Crippen molar-refractivity contribution in [1.29, 1.82) is 10.5 Å². The number of pyridine rings is 2. The number of aromatic nitrogens is 2. The molecule has 0 saturated heterocycles. The van der Waals surface area contributed by atoms with Crippen molar-refractivity contribution in [2.45, 2.75) is 5.41 Å². The van der Waals surface area contributed by atoms with Crippen molar-refractivity contribution in [3.63, 3.8) is 0 Å². The topological polar surface area (TPSA) is 73.4 Å². The van der Waals surface area contributed by atoms with E-state index >= 15 is 0 Å². The van der Waals surface area contributed by atoms with Crippen LogP contribution >= 0.6 is 0 Å². The van der Waals surface area contributed by atoms with Crippen LogP contribution in [0.5, 0.6) is 0 Å². The van der Waals surface area contributed by atoms with Crippen molar-refractivity contribution in [1.82, 2.24) is 9.97 Å². The maximum atomic E-state index is 9.50. The molecule has 0 saturated carbocycles. The summed E-state index contributed by atoms with van der Waals surface area (Å²) in [5.41, 5.74) is 19.1. The Morgan fingerprint density at radius 2 is 0.736 bits per heavy atom. The normalized spacial score (nSPS) is 12.6. The highest BCUT2D eigenvalue weighted by Crippen LogP contribution is 2.63. The maximum Gasteiger partial charge on any atom is 0.101 e. The molecule has 0 aliphatic heterocycles. The molecular weight excluding hydrogens is 645 g/mol. The van der Waals surface area contributed by atoms with Gasteiger partial charge in [0.2, 0.25) is 0 Å². The lowest BCUT2D eigenvalue weighted by molar-refractivity contribution is 0.794. The third kappa shape index (κ3) is 4.60. The lowest BCUT2D eigenvalue weighted by Gasteiger charge is -2.30. The van der Waals surface area contributed by atoms with Gasteiger partial charge in [-0.05, 0) is 114 Å². The van der Waals surface area contributed by atoms with Crippen LogP contribution in [0.3, 0.4) is 0 Å². The van der Waals surface area contributed by atoms with Crippen LogP contribution in [0, 0.1) is 22.7 Å². The molecule has 10 rings (SSSR count). The molecular formula is C49H28N4. The minimum Gasteiger partial charge on any atom is -0.263 e. The van der Waals surface area contributed by atoms with Gasteiger partial charge in [-0.25, -0.2) is 0 Å². The smallest absolute Gasteiger partial charge is 0.101 e. The summed E-state index contributed by atoms with van der Waals surface area (Å²) in [5, 5.41) is 19.0. The molecule has 0 unspecified atom stereocenters. The van der Waals surface area contributed by atoms with E-state index in [4.69, 9.17) is 0 Å². The predicted octanol–water partition coefficient (Wildman–Crippen LogP) is 11.2. The second-order valence-electron chi connectivity index (χ2n) is 13.7. The van der Waals surface area contributed by atoms with E-state index in [1.807, 2.05) is 24.5 Å². The molecule has 0 N–H and O–H groups in total. The molecule has 8 aromatic rings. The molecule has 4 nitrogen and oxygen atoms in total. The summed E-state index contributed by atoms with van der Waals surface area (Å²) in [6, 6.07) is 56.8. The Morgan fingerprint density at radius 1 is 0.340 bits per heavy atom. The second-order valence-corrected chi connectivity index (χ2v) is 13.7. The van der Waals surface area contributed by atoms with Crippen LogP contribution < -0.4 is 0 Å². The monoisotopic (exact) mass is 672 g/mol. The Bertz CT molecular complexity index is 2690. The first-order chi connectivity index (χ1) is 26.1. The highest BCUT2D eigenvalue weighted by molar-refractivity contribution is 5.97. The molecule has 0 bridgehead atoms. The van der Waals surface area contributed by atoms with Gasteiger partial charge < -0.3 is 0 Å². The lowest BCUT2D eigenvalue weighted by Crippen LogP contribution is -2.25. The van der Waals surface area contributed by atoms with Gasteiger partial charge in [-0.1, -0.05) is 109 Å². The highest BCUT2D eigenvalue weighted by atomic mass is 14.6. The van der Waals surface area contributed by atoms with Crippen LogP contribution in [0.1, 0.15) is 33.4 Å². The Morgan fingerprint density at radius 3 is 1.19 bits per heavy atom. The number of hydrogen-bond acceptors (Lipinski definition) is 4. The van der Waals surface area contributed by atoms with E-state index < -0.39 is 5.41 Å². The van der Waals surface area contributed by atoms with Crippen molar-refractivity contribution in [3.8, 4) is 78.9 Å². The van der Waals surface area contributed by atoms with Crippen LogP contribution in [0.25, 0.3) is 66.8 Å². The molecule has 4 heteroatoms. The summed E-state index contributed by atoms with van der Waals surface area (Å²) in [6.45, 7) is 0. The van der Waals surface area contributed by atoms with E-state index in [-0.39, 0.29) is 0 Å². The van der Waals surface area contributed by atoms with Crippen LogP contribution in [0.15, 0.2) is 170 Å². The van der Waals surface area contributed by atoms with Crippen molar-refractivity contribution >= 4 is 0 Å². The zero-order valence-electron chi connectivity index (χ0n) is 28.5. The van der Waals surface area contributed by atoms with Gasteiger partial charge in [0.15, 0.2) is 0 Å². The van der Waals surface area contributed by atoms with Crippen LogP contribution in [-0.4, -0.2) is 9.97 Å². The summed E-state index contributed by atoms with van der Waals surface area (Å²) < 4.78 is 0. The minimum absolute atomic E-state index is 0.453. The number of benzene rings is 6. The first kappa shape index (κ1) is 30.4. The highest BCUT2D eigenvalue weighted by Gasteiger charge is 2.51. The molecule has 6 aromatic carbocycles. The van der Waals surface area contributed by atoms with Crippen molar-refractivity contribution in [2.75, 3.05) is 0 Å². The lowest BCUT2D eigenvalue weighted by atomic mass is 9.70. The second kappa shape index (κ2) is 11.8. The van der Waals surface area contributed by atoms with Crippen LogP contribution in [0.4, 0.5) is 0 Å². The Labute approximate surface area is 307 Å². The van der Waals surface area contributed by atoms with Crippen molar-refractivity contribution < 1.29 is 0 Å². The van der Waals surface area contributed by atoms with Gasteiger partial charge in [0.25, 0.3) is 0 Å². The molecule has 1 spiro atoms. The Balaban J connectivity index is 1.18. The van der Waals surface area contributed by atoms with Crippen molar-refractivity contribution in [2.24, 2.45) is 0 Å². The number of hydrogen-bond donors (Lipinski definition) is 0. The number of rotatable bonds is 4. The number of nitriles is 2. The summed E-state index contributed by atoms with van der Waals surface area (Å²) in [4.78, 5) is 8.62. The summed E-state index contributed by atoms with van der Waals surface area (Å²) in [6.07, 6.45) is 6.80. The molecule has 53 heavy (non-hydrogen) atoms. The standard InChI is InChI=1S/C49H28N4/c50-25-31-19-39(29-52-27-31)35-9-5-7-33(21-35)37-15-17-47-43(23-37)44-24-38(34-8-6-10-36(22-34)40-20-32(26-51)28-53-30-40)16-18-48(44)49(47)45-13-3-1-11-41(45)42-12-2-4-14-46(42)49/h1-24,27-30H. The van der Waals surface area contributed by atoms with Crippen LogP contribution in [0.2, 0.25) is 0 Å². The molecule has 0 amide bonds. The van der Waals surface area contributed by atoms with E-state index in [0.29, 0.717) is 11.1 Å².